The topological polar surface area (TPSA) is 66.8 Å². The van der Waals surface area contributed by atoms with Crippen LogP contribution in [0.4, 0.5) is 10.1 Å². The average molecular weight is 438 g/mol. The van der Waals surface area contributed by atoms with Gasteiger partial charge in [0.05, 0.1) is 24.2 Å². The van der Waals surface area contributed by atoms with E-state index >= 15 is 0 Å². The van der Waals surface area contributed by atoms with Gasteiger partial charge in [-0.2, -0.15) is 0 Å². The number of amides is 1. The minimum absolute atomic E-state index is 0.0191. The molecule has 0 saturated heterocycles. The summed E-state index contributed by atoms with van der Waals surface area (Å²) in [6, 6.07) is 9.70. The monoisotopic (exact) mass is 437 g/mol. The second-order valence-electron chi connectivity index (χ2n) is 5.41. The zero-order chi connectivity index (χ0) is 18.8. The molecule has 0 radical (unpaired) electrons. The third-order valence-electron chi connectivity index (χ3n) is 3.73. The van der Waals surface area contributed by atoms with Crippen molar-refractivity contribution in [3.63, 3.8) is 0 Å². The molecule has 1 heterocycles. The molecule has 0 aliphatic carbocycles. The molecule has 1 aliphatic heterocycles. The maximum Gasteiger partial charge on any atom is 0.329 e. The van der Waals surface area contributed by atoms with Gasteiger partial charge in [-0.15, -0.1) is 0 Å². The number of carbonyl (C=O) groups excluding carboxylic acids is 1. The number of halogens is 2. The van der Waals surface area contributed by atoms with Crippen LogP contribution in [0.2, 0.25) is 0 Å². The number of ether oxygens (including phenoxy) is 1. The van der Waals surface area contributed by atoms with Gasteiger partial charge in [0.2, 0.25) is 0 Å². The summed E-state index contributed by atoms with van der Waals surface area (Å²) < 4.78 is 20.0. The zero-order valence-corrected chi connectivity index (χ0v) is 15.9. The van der Waals surface area contributed by atoms with Crippen LogP contribution in [0.5, 0.6) is 5.75 Å². The summed E-state index contributed by atoms with van der Waals surface area (Å²) >= 11 is 4.25. The Morgan fingerprint density at radius 2 is 2.12 bits per heavy atom. The number of methoxy groups -OCH3 is 1. The third kappa shape index (κ3) is 3.76. The second-order valence-corrected chi connectivity index (χ2v) is 7.41. The largest absolute Gasteiger partial charge is 0.497 e. The van der Waals surface area contributed by atoms with Gasteiger partial charge in [-0.1, -0.05) is 33.8 Å². The van der Waals surface area contributed by atoms with Crippen molar-refractivity contribution >= 4 is 45.3 Å². The molecule has 3 rings (SSSR count). The van der Waals surface area contributed by atoms with Gasteiger partial charge in [0.1, 0.15) is 11.6 Å². The summed E-state index contributed by atoms with van der Waals surface area (Å²) in [7, 11) is 1.52. The van der Waals surface area contributed by atoms with Gasteiger partial charge in [0.25, 0.3) is 5.91 Å². The van der Waals surface area contributed by atoms with Gasteiger partial charge in [-0.05, 0) is 30.3 Å². The maximum absolute atomic E-state index is 14.2. The van der Waals surface area contributed by atoms with Crippen LogP contribution < -0.4 is 9.64 Å². The molecule has 1 amide bonds. The lowest BCUT2D eigenvalue weighted by molar-refractivity contribution is -0.131. The summed E-state index contributed by atoms with van der Waals surface area (Å²) in [4.78, 5) is 25.9. The van der Waals surface area contributed by atoms with Crippen molar-refractivity contribution in [1.29, 1.82) is 0 Å². The van der Waals surface area contributed by atoms with E-state index in [1.165, 1.54) is 18.1 Å². The van der Waals surface area contributed by atoms with E-state index < -0.39 is 17.7 Å². The fraction of sp³-hybridized carbons (Fsp3) is 0.111. The number of carboxylic acid groups (broad SMARTS) is 1. The smallest absolute Gasteiger partial charge is 0.329 e. The fourth-order valence-corrected chi connectivity index (χ4v) is 3.90. The number of hydrogen-bond acceptors (Lipinski definition) is 4. The molecule has 0 aromatic heterocycles. The molecule has 1 N–H and O–H groups in total. The first kappa shape index (κ1) is 18.5. The van der Waals surface area contributed by atoms with E-state index in [1.807, 2.05) is 0 Å². The highest BCUT2D eigenvalue weighted by Crippen LogP contribution is 2.43. The summed E-state index contributed by atoms with van der Waals surface area (Å²) in [5, 5.41) is 9.03. The van der Waals surface area contributed by atoms with Crippen LogP contribution in [-0.2, 0) is 16.1 Å². The lowest BCUT2D eigenvalue weighted by Crippen LogP contribution is -2.34. The first-order valence-corrected chi connectivity index (χ1v) is 9.06. The maximum atomic E-state index is 14.2. The minimum atomic E-state index is -1.22. The number of benzene rings is 2. The van der Waals surface area contributed by atoms with Gasteiger partial charge in [0.15, 0.2) is 0 Å². The van der Waals surface area contributed by atoms with E-state index in [9.17, 15) is 14.0 Å². The normalized spacial score (nSPS) is 15.1. The van der Waals surface area contributed by atoms with Crippen molar-refractivity contribution in [2.45, 2.75) is 11.4 Å². The van der Waals surface area contributed by atoms with Gasteiger partial charge in [-0.25, -0.2) is 9.18 Å². The summed E-state index contributed by atoms with van der Waals surface area (Å²) in [6.45, 7) is -0.0191. The molecule has 0 saturated carbocycles. The Morgan fingerprint density at radius 3 is 2.77 bits per heavy atom. The molecule has 1 aliphatic rings. The van der Waals surface area contributed by atoms with E-state index in [1.54, 1.807) is 30.3 Å². The Labute approximate surface area is 161 Å². The van der Waals surface area contributed by atoms with Crippen molar-refractivity contribution in [2.75, 3.05) is 12.0 Å². The molecular formula is C18H13BrFNO4S. The molecule has 0 atom stereocenters. The Kier molecular flexibility index (Phi) is 5.33. The highest BCUT2D eigenvalue weighted by Gasteiger charge is 2.30. The standard InChI is InChI=1S/C18H13BrFNO4S/c1-25-12-4-5-14-15(7-12)26-16(8-17(22)23)18(24)21(14)9-10-2-3-11(19)6-13(10)20/h2-8H,9H2,1H3,(H,22,23)/b16-8-. The zero-order valence-electron chi connectivity index (χ0n) is 13.5. The minimum Gasteiger partial charge on any atom is -0.497 e. The van der Waals surface area contributed by atoms with Crippen molar-refractivity contribution in [3.05, 3.63) is 63.2 Å². The molecule has 26 heavy (non-hydrogen) atoms. The number of nitrogens with zero attached hydrogens (tertiary/aromatic N) is 1. The molecular weight excluding hydrogens is 425 g/mol. The number of fused-ring (bicyclic) bond motifs is 1. The lowest BCUT2D eigenvalue weighted by Gasteiger charge is -2.30. The van der Waals surface area contributed by atoms with Crippen LogP contribution in [0.1, 0.15) is 5.56 Å². The molecule has 0 spiro atoms. The van der Waals surface area contributed by atoms with Gasteiger partial charge in [-0.3, -0.25) is 4.79 Å². The van der Waals surface area contributed by atoms with Gasteiger partial charge in [0, 0.05) is 21.0 Å². The summed E-state index contributed by atoms with van der Waals surface area (Å²) in [6.07, 6.45) is 0.861. The van der Waals surface area contributed by atoms with Crippen LogP contribution in [0.15, 0.2) is 56.7 Å². The van der Waals surface area contributed by atoms with Crippen molar-refractivity contribution < 1.29 is 23.8 Å². The van der Waals surface area contributed by atoms with Crippen LogP contribution in [-0.4, -0.2) is 24.1 Å². The number of anilines is 1. The highest BCUT2D eigenvalue weighted by molar-refractivity contribution is 9.10. The average Bonchev–Trinajstić information content (AvgIpc) is 2.59. The molecule has 0 bridgehead atoms. The number of aliphatic carboxylic acids is 1. The van der Waals surface area contributed by atoms with Crippen LogP contribution >= 0.6 is 27.7 Å². The number of rotatable bonds is 4. The Bertz CT molecular complexity index is 931. The van der Waals surface area contributed by atoms with Crippen molar-refractivity contribution in [2.24, 2.45) is 0 Å². The van der Waals surface area contributed by atoms with Crippen LogP contribution in [0.3, 0.4) is 0 Å². The second kappa shape index (κ2) is 7.51. The molecule has 8 heteroatoms. The highest BCUT2D eigenvalue weighted by atomic mass is 79.9. The van der Waals surface area contributed by atoms with Crippen LogP contribution in [0, 0.1) is 5.82 Å². The van der Waals surface area contributed by atoms with E-state index in [0.29, 0.717) is 26.4 Å². The molecule has 0 fully saturated rings. The summed E-state index contributed by atoms with van der Waals surface area (Å²) in [5.41, 5.74) is 0.899. The first-order valence-electron chi connectivity index (χ1n) is 7.45. The Hall–Kier alpha value is -2.32. The third-order valence-corrected chi connectivity index (χ3v) is 5.28. The van der Waals surface area contributed by atoms with Gasteiger partial charge >= 0.3 is 5.97 Å². The predicted molar refractivity (Wildman–Crippen MR) is 99.9 cm³/mol. The number of hydrogen-bond donors (Lipinski definition) is 1. The van der Waals surface area contributed by atoms with Crippen molar-refractivity contribution in [1.82, 2.24) is 0 Å². The number of thioether (sulfide) groups is 1. The van der Waals surface area contributed by atoms with E-state index in [4.69, 9.17) is 9.84 Å². The van der Waals surface area contributed by atoms with E-state index in [-0.39, 0.29) is 11.4 Å². The summed E-state index contributed by atoms with van der Waals surface area (Å²) in [5.74, 6) is -1.58. The number of carboxylic acids is 1. The quantitative estimate of drug-likeness (QED) is 0.725. The molecule has 2 aromatic rings. The molecule has 134 valence electrons. The predicted octanol–water partition coefficient (Wildman–Crippen LogP) is 4.20. The fourth-order valence-electron chi connectivity index (χ4n) is 2.51. The first-order chi connectivity index (χ1) is 12.4. The van der Waals surface area contributed by atoms with E-state index in [2.05, 4.69) is 15.9 Å². The lowest BCUT2D eigenvalue weighted by atomic mass is 10.1. The molecule has 2 aromatic carbocycles. The molecule has 0 unspecified atom stereocenters. The Morgan fingerprint density at radius 1 is 1.35 bits per heavy atom. The number of carbonyl (C=O) groups is 2. The van der Waals surface area contributed by atoms with Gasteiger partial charge < -0.3 is 14.7 Å². The van der Waals surface area contributed by atoms with Crippen molar-refractivity contribution in [3.8, 4) is 5.75 Å². The Balaban J connectivity index is 2.06. The van der Waals surface area contributed by atoms with Crippen LogP contribution in [0.25, 0.3) is 0 Å². The van der Waals surface area contributed by atoms with E-state index in [0.717, 1.165) is 17.8 Å². The SMILES string of the molecule is COc1ccc2c(c1)S/C(=C\C(=O)O)C(=O)N2Cc1ccc(Br)cc1F. The molecule has 5 nitrogen and oxygen atoms in total.